The average molecular weight is 443 g/mol. The summed E-state index contributed by atoms with van der Waals surface area (Å²) in [5.74, 6) is -1.14. The van der Waals surface area contributed by atoms with Gasteiger partial charge in [0, 0.05) is 44.0 Å². The Labute approximate surface area is 186 Å². The molecule has 6 nitrogen and oxygen atoms in total. The highest BCUT2D eigenvalue weighted by atomic mass is 19.1. The van der Waals surface area contributed by atoms with Gasteiger partial charge in [0.15, 0.2) is 11.6 Å². The van der Waals surface area contributed by atoms with Crippen LogP contribution in [0, 0.1) is 23.5 Å². The van der Waals surface area contributed by atoms with Crippen LogP contribution < -0.4 is 20.9 Å². The van der Waals surface area contributed by atoms with Crippen molar-refractivity contribution < 1.29 is 18.4 Å². The van der Waals surface area contributed by atoms with Crippen LogP contribution in [0.1, 0.15) is 31.7 Å². The number of amides is 2. The standard InChI is InChI=1S/C24H28F2N4O2/c1-15-6-8-30(9-7-15)23-20(25)11-19(12-21(23)26)29-18-4-2-16(3-5-18)13-28-24(32)17-10-22(31)27-14-17/h2-5,11-12,15,17,29H,6-10,13-14H2,1H3,(H,27,31)(H,28,32). The summed E-state index contributed by atoms with van der Waals surface area (Å²) >= 11 is 0. The van der Waals surface area contributed by atoms with E-state index in [1.54, 1.807) is 17.0 Å². The molecule has 2 aliphatic heterocycles. The molecule has 170 valence electrons. The minimum Gasteiger partial charge on any atom is -0.367 e. The minimum atomic E-state index is -0.568. The summed E-state index contributed by atoms with van der Waals surface area (Å²) in [6.45, 7) is 4.19. The van der Waals surface area contributed by atoms with E-state index in [0.29, 0.717) is 43.5 Å². The van der Waals surface area contributed by atoms with Gasteiger partial charge in [0.25, 0.3) is 0 Å². The number of hydrogen-bond donors (Lipinski definition) is 3. The molecule has 2 aromatic carbocycles. The van der Waals surface area contributed by atoms with Crippen LogP contribution in [-0.4, -0.2) is 31.4 Å². The molecule has 3 N–H and O–H groups in total. The third kappa shape index (κ3) is 5.18. The summed E-state index contributed by atoms with van der Waals surface area (Å²) in [6.07, 6.45) is 2.08. The molecule has 0 radical (unpaired) electrons. The first-order chi connectivity index (χ1) is 15.4. The van der Waals surface area contributed by atoms with Crippen molar-refractivity contribution in [2.75, 3.05) is 29.9 Å². The number of anilines is 3. The quantitative estimate of drug-likeness (QED) is 0.638. The van der Waals surface area contributed by atoms with Gasteiger partial charge in [-0.2, -0.15) is 0 Å². The number of carbonyl (C=O) groups is 2. The lowest BCUT2D eigenvalue weighted by molar-refractivity contribution is -0.126. The lowest BCUT2D eigenvalue weighted by atomic mass is 9.98. The van der Waals surface area contributed by atoms with Crippen molar-refractivity contribution in [1.29, 1.82) is 0 Å². The summed E-state index contributed by atoms with van der Waals surface area (Å²) in [7, 11) is 0. The Hall–Kier alpha value is -3.16. The van der Waals surface area contributed by atoms with Crippen molar-refractivity contribution >= 4 is 28.9 Å². The van der Waals surface area contributed by atoms with E-state index in [9.17, 15) is 18.4 Å². The van der Waals surface area contributed by atoms with Gasteiger partial charge in [-0.25, -0.2) is 8.78 Å². The van der Waals surface area contributed by atoms with Crippen LogP contribution in [0.25, 0.3) is 0 Å². The van der Waals surface area contributed by atoms with E-state index >= 15 is 0 Å². The average Bonchev–Trinajstić information content (AvgIpc) is 3.20. The number of nitrogens with zero attached hydrogens (tertiary/aromatic N) is 1. The van der Waals surface area contributed by atoms with Gasteiger partial charge in [-0.1, -0.05) is 19.1 Å². The molecule has 2 saturated heterocycles. The summed E-state index contributed by atoms with van der Waals surface area (Å²) in [6, 6.07) is 9.88. The molecule has 4 rings (SSSR count). The van der Waals surface area contributed by atoms with Crippen molar-refractivity contribution in [3.05, 3.63) is 53.6 Å². The Morgan fingerprint density at radius 1 is 1.09 bits per heavy atom. The Morgan fingerprint density at radius 2 is 1.75 bits per heavy atom. The predicted octanol–water partition coefficient (Wildman–Crippen LogP) is 3.70. The van der Waals surface area contributed by atoms with E-state index < -0.39 is 11.6 Å². The summed E-state index contributed by atoms with van der Waals surface area (Å²) < 4.78 is 29.4. The van der Waals surface area contributed by atoms with Crippen molar-refractivity contribution in [2.24, 2.45) is 11.8 Å². The predicted molar refractivity (Wildman–Crippen MR) is 120 cm³/mol. The number of hydrogen-bond acceptors (Lipinski definition) is 4. The molecule has 2 aliphatic rings. The van der Waals surface area contributed by atoms with Gasteiger partial charge < -0.3 is 20.9 Å². The van der Waals surface area contributed by atoms with Crippen molar-refractivity contribution in [2.45, 2.75) is 32.7 Å². The van der Waals surface area contributed by atoms with Gasteiger partial charge in [-0.15, -0.1) is 0 Å². The first kappa shape index (κ1) is 22.0. The second-order valence-electron chi connectivity index (χ2n) is 8.70. The molecule has 0 aliphatic carbocycles. The Balaban J connectivity index is 1.35. The van der Waals surface area contributed by atoms with E-state index in [-0.39, 0.29) is 29.8 Å². The molecule has 0 aromatic heterocycles. The SMILES string of the molecule is CC1CCN(c2c(F)cc(Nc3ccc(CNC(=O)C4CNC(=O)C4)cc3)cc2F)CC1. The van der Waals surface area contributed by atoms with Crippen LogP contribution >= 0.6 is 0 Å². The van der Waals surface area contributed by atoms with E-state index in [2.05, 4.69) is 22.9 Å². The molecule has 2 aromatic rings. The largest absolute Gasteiger partial charge is 0.367 e. The molecule has 2 heterocycles. The molecule has 2 fully saturated rings. The summed E-state index contributed by atoms with van der Waals surface area (Å²) in [5, 5.41) is 8.51. The fourth-order valence-corrected chi connectivity index (χ4v) is 4.17. The van der Waals surface area contributed by atoms with Crippen LogP contribution in [0.3, 0.4) is 0 Å². The topological polar surface area (TPSA) is 73.5 Å². The molecule has 1 unspecified atom stereocenters. The number of halogens is 2. The zero-order valence-electron chi connectivity index (χ0n) is 18.1. The molecule has 2 amide bonds. The minimum absolute atomic E-state index is 0.0488. The number of carbonyl (C=O) groups excluding carboxylic acids is 2. The first-order valence-corrected chi connectivity index (χ1v) is 11.0. The van der Waals surface area contributed by atoms with Gasteiger partial charge in [-0.3, -0.25) is 9.59 Å². The van der Waals surface area contributed by atoms with E-state index in [1.807, 2.05) is 12.1 Å². The van der Waals surface area contributed by atoms with Gasteiger partial charge in [0.1, 0.15) is 5.69 Å². The van der Waals surface area contributed by atoms with E-state index in [0.717, 1.165) is 18.4 Å². The molecular formula is C24H28F2N4O2. The third-order valence-corrected chi connectivity index (χ3v) is 6.17. The van der Waals surface area contributed by atoms with Crippen LogP contribution in [0.5, 0.6) is 0 Å². The molecule has 0 spiro atoms. The molecule has 32 heavy (non-hydrogen) atoms. The third-order valence-electron chi connectivity index (χ3n) is 6.17. The van der Waals surface area contributed by atoms with Crippen molar-refractivity contribution in [1.82, 2.24) is 10.6 Å². The van der Waals surface area contributed by atoms with Crippen molar-refractivity contribution in [3.63, 3.8) is 0 Å². The number of piperidine rings is 1. The fourth-order valence-electron chi connectivity index (χ4n) is 4.17. The molecular weight excluding hydrogens is 414 g/mol. The lowest BCUT2D eigenvalue weighted by Crippen LogP contribution is -2.34. The molecule has 0 saturated carbocycles. The van der Waals surface area contributed by atoms with Crippen molar-refractivity contribution in [3.8, 4) is 0 Å². The number of nitrogens with one attached hydrogen (secondary N) is 3. The summed E-state index contributed by atoms with van der Waals surface area (Å²) in [4.78, 5) is 25.1. The zero-order valence-corrected chi connectivity index (χ0v) is 18.1. The summed E-state index contributed by atoms with van der Waals surface area (Å²) in [5.41, 5.74) is 1.96. The van der Waals surface area contributed by atoms with Gasteiger partial charge in [-0.05, 0) is 48.6 Å². The highest BCUT2D eigenvalue weighted by molar-refractivity contribution is 5.89. The van der Waals surface area contributed by atoms with Crippen LogP contribution in [-0.2, 0) is 16.1 Å². The molecule has 0 bridgehead atoms. The molecule has 1 atom stereocenters. The normalized spacial score (nSPS) is 19.0. The maximum absolute atomic E-state index is 14.7. The Bertz CT molecular complexity index is 965. The van der Waals surface area contributed by atoms with Crippen LogP contribution in [0.15, 0.2) is 36.4 Å². The molecule has 8 heteroatoms. The Kier molecular flexibility index (Phi) is 6.58. The number of rotatable bonds is 6. The lowest BCUT2D eigenvalue weighted by Gasteiger charge is -2.32. The second kappa shape index (κ2) is 9.54. The van der Waals surface area contributed by atoms with Gasteiger partial charge in [0.2, 0.25) is 11.8 Å². The van der Waals surface area contributed by atoms with Gasteiger partial charge >= 0.3 is 0 Å². The highest BCUT2D eigenvalue weighted by Gasteiger charge is 2.27. The van der Waals surface area contributed by atoms with Gasteiger partial charge in [0.05, 0.1) is 5.92 Å². The maximum Gasteiger partial charge on any atom is 0.225 e. The Morgan fingerprint density at radius 3 is 2.34 bits per heavy atom. The van der Waals surface area contributed by atoms with E-state index in [4.69, 9.17) is 0 Å². The zero-order chi connectivity index (χ0) is 22.7. The fraction of sp³-hybridized carbons (Fsp3) is 0.417. The van der Waals surface area contributed by atoms with E-state index in [1.165, 1.54) is 12.1 Å². The number of benzene rings is 2. The second-order valence-corrected chi connectivity index (χ2v) is 8.70. The monoisotopic (exact) mass is 442 g/mol. The van der Waals surface area contributed by atoms with Crippen LogP contribution in [0.4, 0.5) is 25.8 Å². The first-order valence-electron chi connectivity index (χ1n) is 11.0. The van der Waals surface area contributed by atoms with Crippen LogP contribution in [0.2, 0.25) is 0 Å². The smallest absolute Gasteiger partial charge is 0.225 e. The maximum atomic E-state index is 14.7. The highest BCUT2D eigenvalue weighted by Crippen LogP contribution is 2.31.